The van der Waals surface area contributed by atoms with Crippen LogP contribution in [0.1, 0.15) is 63.7 Å². The Labute approximate surface area is 158 Å². The number of benzene rings is 1. The molecule has 0 radical (unpaired) electrons. The summed E-state index contributed by atoms with van der Waals surface area (Å²) in [6.07, 6.45) is 3.46. The molecule has 0 N–H and O–H groups in total. The third-order valence-corrected chi connectivity index (χ3v) is 5.58. The van der Waals surface area contributed by atoms with Crippen LogP contribution in [-0.2, 0) is 9.53 Å². The number of hydrogen-bond donors (Lipinski definition) is 0. The van der Waals surface area contributed by atoms with E-state index in [9.17, 15) is 9.59 Å². The Balaban J connectivity index is 0.000000531. The molecular formula is C19H28O4S2. The minimum Gasteiger partial charge on any atom is -0.456 e. The van der Waals surface area contributed by atoms with E-state index in [2.05, 4.69) is 0 Å². The third-order valence-electron chi connectivity index (χ3n) is 3.00. The molecule has 0 atom stereocenters. The second kappa shape index (κ2) is 11.5. The normalized spacial score (nSPS) is 13.6. The predicted octanol–water partition coefficient (Wildman–Crippen LogP) is 5.51. The summed E-state index contributed by atoms with van der Waals surface area (Å²) in [7, 11) is 3.98. The summed E-state index contributed by atoms with van der Waals surface area (Å²) in [6.45, 7) is 7.38. The predicted molar refractivity (Wildman–Crippen MR) is 106 cm³/mol. The molecule has 140 valence electrons. The molecule has 0 spiro atoms. The van der Waals surface area contributed by atoms with E-state index in [0.29, 0.717) is 6.42 Å². The number of carbonyl (C=O) groups excluding carboxylic acids is 2. The molecule has 4 nitrogen and oxygen atoms in total. The van der Waals surface area contributed by atoms with Gasteiger partial charge in [0.1, 0.15) is 16.9 Å². The molecule has 0 aromatic heterocycles. The van der Waals surface area contributed by atoms with Crippen molar-refractivity contribution in [2.75, 3.05) is 11.5 Å². The summed E-state index contributed by atoms with van der Waals surface area (Å²) in [5, 5.41) is 0. The minimum absolute atomic E-state index is 0.253. The van der Waals surface area contributed by atoms with Crippen LogP contribution >= 0.6 is 21.6 Å². The van der Waals surface area contributed by atoms with Crippen LogP contribution in [0.3, 0.4) is 0 Å². The molecule has 25 heavy (non-hydrogen) atoms. The van der Waals surface area contributed by atoms with Crippen molar-refractivity contribution in [3.05, 3.63) is 29.8 Å². The van der Waals surface area contributed by atoms with E-state index in [1.165, 1.54) is 17.9 Å². The van der Waals surface area contributed by atoms with E-state index in [1.54, 1.807) is 45.0 Å². The SMILES string of the molecule is C1CSSC1.CCCCC(=O)Oc1ccccc1C(=O)OC(C)(C)C. The summed E-state index contributed by atoms with van der Waals surface area (Å²) in [6, 6.07) is 6.62. The van der Waals surface area contributed by atoms with Gasteiger partial charge in [0, 0.05) is 17.9 Å². The van der Waals surface area contributed by atoms with Crippen LogP contribution in [0.25, 0.3) is 0 Å². The fraction of sp³-hybridized carbons (Fsp3) is 0.579. The van der Waals surface area contributed by atoms with Gasteiger partial charge in [-0.2, -0.15) is 0 Å². The van der Waals surface area contributed by atoms with Gasteiger partial charge in [-0.1, -0.05) is 47.1 Å². The zero-order valence-electron chi connectivity index (χ0n) is 15.5. The molecule has 0 aliphatic carbocycles. The van der Waals surface area contributed by atoms with E-state index >= 15 is 0 Å². The van der Waals surface area contributed by atoms with Gasteiger partial charge in [-0.3, -0.25) is 4.79 Å². The number of hydrogen-bond acceptors (Lipinski definition) is 6. The topological polar surface area (TPSA) is 52.6 Å². The Morgan fingerprint density at radius 1 is 1.12 bits per heavy atom. The fourth-order valence-electron chi connectivity index (χ4n) is 1.85. The van der Waals surface area contributed by atoms with Crippen LogP contribution in [0.5, 0.6) is 5.75 Å². The van der Waals surface area contributed by atoms with E-state index < -0.39 is 11.6 Å². The van der Waals surface area contributed by atoms with Gasteiger partial charge in [0.15, 0.2) is 0 Å². The molecule has 1 aromatic rings. The lowest BCUT2D eigenvalue weighted by Crippen LogP contribution is -2.24. The van der Waals surface area contributed by atoms with Gasteiger partial charge in [0.25, 0.3) is 0 Å². The van der Waals surface area contributed by atoms with Gasteiger partial charge < -0.3 is 9.47 Å². The zero-order valence-corrected chi connectivity index (χ0v) is 17.1. The average Bonchev–Trinajstić information content (AvgIpc) is 3.11. The summed E-state index contributed by atoms with van der Waals surface area (Å²) in [4.78, 5) is 23.7. The van der Waals surface area contributed by atoms with E-state index in [1.807, 2.05) is 28.5 Å². The molecule has 0 amide bonds. The van der Waals surface area contributed by atoms with Crippen molar-refractivity contribution in [2.24, 2.45) is 0 Å². The lowest BCUT2D eigenvalue weighted by molar-refractivity contribution is -0.134. The summed E-state index contributed by atoms with van der Waals surface area (Å²) < 4.78 is 10.5. The van der Waals surface area contributed by atoms with Crippen LogP contribution in [0.4, 0.5) is 0 Å². The number of ether oxygens (including phenoxy) is 2. The first kappa shape index (κ1) is 21.9. The molecular weight excluding hydrogens is 356 g/mol. The first-order chi connectivity index (χ1) is 11.8. The van der Waals surface area contributed by atoms with Gasteiger partial charge >= 0.3 is 11.9 Å². The monoisotopic (exact) mass is 384 g/mol. The van der Waals surface area contributed by atoms with E-state index in [-0.39, 0.29) is 17.3 Å². The van der Waals surface area contributed by atoms with Crippen molar-refractivity contribution in [3.63, 3.8) is 0 Å². The zero-order chi connectivity index (χ0) is 18.7. The molecule has 2 rings (SSSR count). The first-order valence-corrected chi connectivity index (χ1v) is 11.1. The van der Waals surface area contributed by atoms with Crippen molar-refractivity contribution < 1.29 is 19.1 Å². The Morgan fingerprint density at radius 2 is 1.76 bits per heavy atom. The number of esters is 2. The molecule has 1 aromatic carbocycles. The van der Waals surface area contributed by atoms with Crippen molar-refractivity contribution in [2.45, 2.75) is 59.0 Å². The van der Waals surface area contributed by atoms with Gasteiger partial charge in [0.2, 0.25) is 0 Å². The van der Waals surface area contributed by atoms with Crippen LogP contribution in [0.15, 0.2) is 24.3 Å². The fourth-order valence-corrected chi connectivity index (χ4v) is 4.20. The lowest BCUT2D eigenvalue weighted by atomic mass is 10.1. The number of rotatable bonds is 5. The standard InChI is InChI=1S/C16H22O4.C3H6S2/c1-5-6-11-14(17)19-13-10-8-7-9-12(13)15(18)20-16(2,3)4;1-2-4-5-3-1/h7-10H,5-6,11H2,1-4H3;1-3H2. The van der Waals surface area contributed by atoms with Crippen LogP contribution in [-0.4, -0.2) is 29.0 Å². The summed E-state index contributed by atoms with van der Waals surface area (Å²) >= 11 is 0. The molecule has 1 heterocycles. The lowest BCUT2D eigenvalue weighted by Gasteiger charge is -2.20. The highest BCUT2D eigenvalue weighted by Crippen LogP contribution is 2.29. The van der Waals surface area contributed by atoms with Crippen LogP contribution in [0, 0.1) is 0 Å². The molecule has 6 heteroatoms. The van der Waals surface area contributed by atoms with Crippen LogP contribution < -0.4 is 4.74 Å². The largest absolute Gasteiger partial charge is 0.456 e. The van der Waals surface area contributed by atoms with Gasteiger partial charge in [-0.05, 0) is 45.7 Å². The molecule has 1 aliphatic heterocycles. The number of carbonyl (C=O) groups is 2. The van der Waals surface area contributed by atoms with Crippen molar-refractivity contribution in [1.82, 2.24) is 0 Å². The molecule has 1 aliphatic rings. The van der Waals surface area contributed by atoms with Crippen molar-refractivity contribution >= 4 is 33.5 Å². The molecule has 0 saturated carbocycles. The molecule has 1 saturated heterocycles. The van der Waals surface area contributed by atoms with Gasteiger partial charge in [-0.25, -0.2) is 4.79 Å². The second-order valence-corrected chi connectivity index (χ2v) is 9.28. The highest BCUT2D eigenvalue weighted by molar-refractivity contribution is 8.77. The second-order valence-electron chi connectivity index (χ2n) is 6.57. The minimum atomic E-state index is -0.587. The molecule has 0 unspecified atom stereocenters. The summed E-state index contributed by atoms with van der Waals surface area (Å²) in [5.74, 6) is 2.19. The highest BCUT2D eigenvalue weighted by atomic mass is 33.1. The quantitative estimate of drug-likeness (QED) is 0.379. The third kappa shape index (κ3) is 9.80. The Kier molecular flexibility index (Phi) is 10.0. The maximum absolute atomic E-state index is 12.1. The van der Waals surface area contributed by atoms with E-state index in [4.69, 9.17) is 9.47 Å². The van der Waals surface area contributed by atoms with Crippen molar-refractivity contribution in [3.8, 4) is 5.75 Å². The summed E-state index contributed by atoms with van der Waals surface area (Å²) in [5.41, 5.74) is -0.316. The maximum Gasteiger partial charge on any atom is 0.342 e. The Bertz CT molecular complexity index is 541. The Hall–Kier alpha value is -1.14. The number of unbranched alkanes of at least 4 members (excludes halogenated alkanes) is 1. The molecule has 1 fully saturated rings. The maximum atomic E-state index is 12.1. The average molecular weight is 385 g/mol. The van der Waals surface area contributed by atoms with Gasteiger partial charge in [-0.15, -0.1) is 0 Å². The first-order valence-electron chi connectivity index (χ1n) is 8.61. The van der Waals surface area contributed by atoms with E-state index in [0.717, 1.165) is 12.8 Å². The number of para-hydroxylation sites is 1. The molecule has 0 bridgehead atoms. The highest BCUT2D eigenvalue weighted by Gasteiger charge is 2.21. The van der Waals surface area contributed by atoms with Crippen molar-refractivity contribution in [1.29, 1.82) is 0 Å². The van der Waals surface area contributed by atoms with Crippen LogP contribution in [0.2, 0.25) is 0 Å². The Morgan fingerprint density at radius 3 is 2.28 bits per heavy atom. The smallest absolute Gasteiger partial charge is 0.342 e. The van der Waals surface area contributed by atoms with Gasteiger partial charge in [0.05, 0.1) is 0 Å².